The molecule has 2 amide bonds. The zero-order valence-corrected chi connectivity index (χ0v) is 13.2. The molecule has 1 aromatic rings. The normalized spacial score (nSPS) is 21.3. The molecule has 114 valence electrons. The number of hydrogen-bond acceptors (Lipinski definition) is 3. The summed E-state index contributed by atoms with van der Waals surface area (Å²) < 4.78 is 0. The lowest BCUT2D eigenvalue weighted by Gasteiger charge is -2.23. The van der Waals surface area contributed by atoms with Crippen LogP contribution < -0.4 is 10.9 Å². The van der Waals surface area contributed by atoms with Crippen molar-refractivity contribution in [3.63, 3.8) is 0 Å². The molecule has 2 aliphatic rings. The number of amides is 2. The Kier molecular flexibility index (Phi) is 4.29. The summed E-state index contributed by atoms with van der Waals surface area (Å²) in [6.07, 6.45) is 7.59. The Balaban J connectivity index is 1.58. The standard InChI is InChI=1S/C16H22N2O2S/c1-2-10-6-7-13-12(8-10)9-14(21-13)16(20)18-17-15(19)11-4-3-5-11/h9-11H,2-8H2,1H3,(H,17,19)(H,18,20)/t10-/m1/s1. The van der Waals surface area contributed by atoms with Gasteiger partial charge in [-0.25, -0.2) is 0 Å². The van der Waals surface area contributed by atoms with Crippen LogP contribution in [-0.4, -0.2) is 11.8 Å². The Morgan fingerprint density at radius 3 is 2.76 bits per heavy atom. The highest BCUT2D eigenvalue weighted by Crippen LogP contribution is 2.33. The van der Waals surface area contributed by atoms with Gasteiger partial charge in [0, 0.05) is 10.8 Å². The van der Waals surface area contributed by atoms with Gasteiger partial charge in [0.25, 0.3) is 5.91 Å². The predicted octanol–water partition coefficient (Wildman–Crippen LogP) is 2.82. The van der Waals surface area contributed by atoms with Crippen LogP contribution in [0.5, 0.6) is 0 Å². The van der Waals surface area contributed by atoms with Gasteiger partial charge in [0.1, 0.15) is 0 Å². The van der Waals surface area contributed by atoms with Crippen molar-refractivity contribution in [2.45, 2.75) is 51.9 Å². The number of carbonyl (C=O) groups excluding carboxylic acids is 2. The first-order chi connectivity index (χ1) is 10.2. The lowest BCUT2D eigenvalue weighted by atomic mass is 9.85. The van der Waals surface area contributed by atoms with Gasteiger partial charge in [-0.3, -0.25) is 20.4 Å². The number of nitrogens with one attached hydrogen (secondary N) is 2. The zero-order chi connectivity index (χ0) is 14.8. The maximum Gasteiger partial charge on any atom is 0.279 e. The van der Waals surface area contributed by atoms with Gasteiger partial charge in [0.05, 0.1) is 4.88 Å². The van der Waals surface area contributed by atoms with Gasteiger partial charge in [-0.05, 0) is 49.7 Å². The topological polar surface area (TPSA) is 58.2 Å². The van der Waals surface area contributed by atoms with Gasteiger partial charge in [0.15, 0.2) is 0 Å². The van der Waals surface area contributed by atoms with Crippen LogP contribution >= 0.6 is 11.3 Å². The second-order valence-electron chi connectivity index (χ2n) is 6.15. The summed E-state index contributed by atoms with van der Waals surface area (Å²) in [5.74, 6) is 0.602. The summed E-state index contributed by atoms with van der Waals surface area (Å²) in [6.45, 7) is 2.23. The van der Waals surface area contributed by atoms with Crippen molar-refractivity contribution in [3.8, 4) is 0 Å². The van der Waals surface area contributed by atoms with Crippen molar-refractivity contribution in [3.05, 3.63) is 21.4 Å². The molecule has 0 aromatic carbocycles. The third kappa shape index (κ3) is 3.12. The average molecular weight is 306 g/mol. The molecule has 3 rings (SSSR count). The Morgan fingerprint density at radius 2 is 2.10 bits per heavy atom. The highest BCUT2D eigenvalue weighted by Gasteiger charge is 2.26. The van der Waals surface area contributed by atoms with E-state index in [0.717, 1.165) is 38.0 Å². The first-order valence-corrected chi connectivity index (χ1v) is 8.70. The molecule has 0 unspecified atom stereocenters. The number of thiophene rings is 1. The summed E-state index contributed by atoms with van der Waals surface area (Å²) >= 11 is 1.57. The minimum atomic E-state index is -0.185. The Labute approximate surface area is 129 Å². The molecule has 1 saturated carbocycles. The number of hydrogen-bond donors (Lipinski definition) is 2. The minimum Gasteiger partial charge on any atom is -0.273 e. The van der Waals surface area contributed by atoms with Crippen molar-refractivity contribution in [2.24, 2.45) is 11.8 Å². The molecule has 0 saturated heterocycles. The van der Waals surface area contributed by atoms with Crippen LogP contribution in [0.15, 0.2) is 6.07 Å². The number of hydrazine groups is 1. The van der Waals surface area contributed by atoms with Crippen LogP contribution in [0.2, 0.25) is 0 Å². The van der Waals surface area contributed by atoms with Gasteiger partial charge in [0.2, 0.25) is 5.91 Å². The molecule has 21 heavy (non-hydrogen) atoms. The van der Waals surface area contributed by atoms with Gasteiger partial charge in [-0.15, -0.1) is 11.3 Å². The van der Waals surface area contributed by atoms with Crippen LogP contribution in [0.3, 0.4) is 0 Å². The van der Waals surface area contributed by atoms with E-state index in [4.69, 9.17) is 0 Å². The van der Waals surface area contributed by atoms with Crippen LogP contribution in [0.25, 0.3) is 0 Å². The molecule has 0 spiro atoms. The fourth-order valence-corrected chi connectivity index (χ4v) is 4.12. The van der Waals surface area contributed by atoms with E-state index in [-0.39, 0.29) is 17.7 Å². The summed E-state index contributed by atoms with van der Waals surface area (Å²) in [6, 6.07) is 2.01. The van der Waals surface area contributed by atoms with Crippen molar-refractivity contribution >= 4 is 23.2 Å². The van der Waals surface area contributed by atoms with Crippen molar-refractivity contribution in [1.82, 2.24) is 10.9 Å². The monoisotopic (exact) mass is 306 g/mol. The molecule has 5 heteroatoms. The molecule has 4 nitrogen and oxygen atoms in total. The van der Waals surface area contributed by atoms with Crippen LogP contribution in [0, 0.1) is 11.8 Å². The van der Waals surface area contributed by atoms with E-state index < -0.39 is 0 Å². The quantitative estimate of drug-likeness (QED) is 0.844. The summed E-state index contributed by atoms with van der Waals surface area (Å²) in [5.41, 5.74) is 6.43. The lowest BCUT2D eigenvalue weighted by Crippen LogP contribution is -2.45. The van der Waals surface area contributed by atoms with Crippen molar-refractivity contribution in [1.29, 1.82) is 0 Å². The maximum absolute atomic E-state index is 12.1. The summed E-state index contributed by atoms with van der Waals surface area (Å²) in [5, 5.41) is 0. The van der Waals surface area contributed by atoms with E-state index in [1.54, 1.807) is 11.3 Å². The summed E-state index contributed by atoms with van der Waals surface area (Å²) in [7, 11) is 0. The molecule has 2 aliphatic carbocycles. The molecule has 2 N–H and O–H groups in total. The zero-order valence-electron chi connectivity index (χ0n) is 12.4. The fraction of sp³-hybridized carbons (Fsp3) is 0.625. The second kappa shape index (κ2) is 6.18. The molecule has 1 aromatic heterocycles. The largest absolute Gasteiger partial charge is 0.279 e. The highest BCUT2D eigenvalue weighted by molar-refractivity contribution is 7.14. The van der Waals surface area contributed by atoms with E-state index >= 15 is 0 Å². The fourth-order valence-electron chi connectivity index (χ4n) is 3.01. The SMILES string of the molecule is CC[C@@H]1CCc2sc(C(=O)NNC(=O)C3CCC3)cc2C1. The van der Waals surface area contributed by atoms with E-state index in [9.17, 15) is 9.59 Å². The molecule has 0 radical (unpaired) electrons. The first kappa shape index (κ1) is 14.6. The molecular weight excluding hydrogens is 284 g/mol. The predicted molar refractivity (Wildman–Crippen MR) is 83.1 cm³/mol. The highest BCUT2D eigenvalue weighted by atomic mass is 32.1. The van der Waals surface area contributed by atoms with E-state index in [1.807, 2.05) is 6.07 Å². The smallest absolute Gasteiger partial charge is 0.273 e. The minimum absolute atomic E-state index is 0.0537. The maximum atomic E-state index is 12.1. The van der Waals surface area contributed by atoms with Crippen LogP contribution in [0.1, 0.15) is 59.1 Å². The number of fused-ring (bicyclic) bond motifs is 1. The molecule has 1 heterocycles. The third-order valence-electron chi connectivity index (χ3n) is 4.76. The molecule has 1 atom stereocenters. The summed E-state index contributed by atoms with van der Waals surface area (Å²) in [4.78, 5) is 25.9. The molecule has 0 aliphatic heterocycles. The first-order valence-electron chi connectivity index (χ1n) is 7.89. The van der Waals surface area contributed by atoms with Crippen LogP contribution in [0.4, 0.5) is 0 Å². The Hall–Kier alpha value is -1.36. The van der Waals surface area contributed by atoms with Gasteiger partial charge in [-0.2, -0.15) is 0 Å². The molecule has 1 fully saturated rings. The lowest BCUT2D eigenvalue weighted by molar-refractivity contribution is -0.128. The van der Waals surface area contributed by atoms with Gasteiger partial charge >= 0.3 is 0 Å². The second-order valence-corrected chi connectivity index (χ2v) is 7.28. The average Bonchev–Trinajstić information content (AvgIpc) is 2.85. The molecule has 0 bridgehead atoms. The number of carbonyl (C=O) groups is 2. The van der Waals surface area contributed by atoms with E-state index in [1.165, 1.54) is 23.3 Å². The molecular formula is C16H22N2O2S. The van der Waals surface area contributed by atoms with Crippen molar-refractivity contribution in [2.75, 3.05) is 0 Å². The Morgan fingerprint density at radius 1 is 1.29 bits per heavy atom. The van der Waals surface area contributed by atoms with E-state index in [0.29, 0.717) is 4.88 Å². The van der Waals surface area contributed by atoms with E-state index in [2.05, 4.69) is 17.8 Å². The van der Waals surface area contributed by atoms with Crippen molar-refractivity contribution < 1.29 is 9.59 Å². The number of aryl methyl sites for hydroxylation is 1. The number of rotatable bonds is 3. The van der Waals surface area contributed by atoms with Gasteiger partial charge in [-0.1, -0.05) is 19.8 Å². The Bertz CT molecular complexity index is 548. The third-order valence-corrected chi connectivity index (χ3v) is 6.00. The van der Waals surface area contributed by atoms with Crippen LogP contribution in [-0.2, 0) is 17.6 Å². The van der Waals surface area contributed by atoms with Gasteiger partial charge < -0.3 is 0 Å².